The average Bonchev–Trinajstić information content (AvgIpc) is 2.86. The van der Waals surface area contributed by atoms with Crippen molar-refractivity contribution < 1.29 is 27.9 Å². The minimum Gasteiger partial charge on any atom is -0.456 e. The van der Waals surface area contributed by atoms with E-state index in [0.29, 0.717) is 13.0 Å². The molecule has 0 fully saturated rings. The maximum absolute atomic E-state index is 12.2. The molecule has 0 bridgehead atoms. The van der Waals surface area contributed by atoms with Gasteiger partial charge in [-0.3, -0.25) is 0 Å². The molecule has 1 rings (SSSR count). The van der Waals surface area contributed by atoms with Gasteiger partial charge in [0.05, 0.1) is 6.61 Å². The first-order chi connectivity index (χ1) is 11.8. The van der Waals surface area contributed by atoms with E-state index >= 15 is 0 Å². The molecule has 8 heteroatoms. The number of hydrogen-bond acceptors (Lipinski definition) is 7. The molecule has 1 heterocycles. The van der Waals surface area contributed by atoms with Crippen molar-refractivity contribution in [3.63, 3.8) is 0 Å². The van der Waals surface area contributed by atoms with Crippen LogP contribution in [0.5, 0.6) is 0 Å². The van der Waals surface area contributed by atoms with Crippen molar-refractivity contribution in [3.8, 4) is 0 Å². The number of nitrogens with one attached hydrogen (secondary N) is 1. The fraction of sp³-hybridized carbons (Fsp3) is 0.706. The molecular weight excluding hydrogens is 330 g/mol. The van der Waals surface area contributed by atoms with Crippen LogP contribution in [0.1, 0.15) is 58.0 Å². The third-order valence-corrected chi connectivity index (χ3v) is 3.45. The van der Waals surface area contributed by atoms with Crippen LogP contribution in [-0.4, -0.2) is 24.7 Å². The summed E-state index contributed by atoms with van der Waals surface area (Å²) in [5.74, 6) is -0.921. The van der Waals surface area contributed by atoms with Gasteiger partial charge in [-0.25, -0.2) is 14.4 Å². The fourth-order valence-corrected chi connectivity index (χ4v) is 2.13. The number of esters is 1. The maximum atomic E-state index is 12.2. The molecule has 142 valence electrons. The third kappa shape index (κ3) is 7.91. The third-order valence-electron chi connectivity index (χ3n) is 3.45. The van der Waals surface area contributed by atoms with Crippen LogP contribution in [0, 0.1) is 12.8 Å². The van der Waals surface area contributed by atoms with Gasteiger partial charge in [0.2, 0.25) is 0 Å². The molecule has 0 aromatic carbocycles. The molecule has 1 amide bonds. The molecule has 1 unspecified atom stereocenters. The number of rotatable bonds is 10. The molecule has 0 aliphatic rings. The lowest BCUT2D eigenvalue weighted by atomic mass is 10.0. The molecular formula is C17H27NO7. The van der Waals surface area contributed by atoms with E-state index in [1.807, 2.05) is 13.8 Å². The smallest absolute Gasteiger partial charge is 0.456 e. The zero-order chi connectivity index (χ0) is 18.8. The van der Waals surface area contributed by atoms with Gasteiger partial charge in [-0.05, 0) is 25.7 Å². The van der Waals surface area contributed by atoms with Crippen molar-refractivity contribution >= 4 is 12.1 Å². The first-order valence-electron chi connectivity index (χ1n) is 8.52. The Balaban J connectivity index is 2.54. The number of aryl methyl sites for hydroxylation is 1. The van der Waals surface area contributed by atoms with Gasteiger partial charge < -0.3 is 23.6 Å². The molecule has 0 aliphatic carbocycles. The molecule has 0 saturated carbocycles. The summed E-state index contributed by atoms with van der Waals surface area (Å²) in [5, 5.41) is 2.53. The maximum Gasteiger partial charge on any atom is 0.519 e. The molecule has 1 aromatic rings. The van der Waals surface area contributed by atoms with Gasteiger partial charge in [-0.1, -0.05) is 33.6 Å². The summed E-state index contributed by atoms with van der Waals surface area (Å²) < 4.78 is 19.7. The number of alkyl carbamates (subject to hydrolysis) is 1. The molecule has 1 aromatic heterocycles. The highest BCUT2D eigenvalue weighted by Crippen LogP contribution is 2.11. The standard InChI is InChI=1S/C17H27NO7/c1-5-6-7-8-22-16(20)18-13(9-11(2)3)15(19)23-10-14-12(4)24-17(21)25-14/h11,13H,5-10H2,1-4H3,(H,18,20). The van der Waals surface area contributed by atoms with Crippen molar-refractivity contribution in [2.75, 3.05) is 6.61 Å². The first-order valence-corrected chi connectivity index (χ1v) is 8.52. The van der Waals surface area contributed by atoms with Gasteiger partial charge in [0.25, 0.3) is 0 Å². The van der Waals surface area contributed by atoms with Crippen LogP contribution < -0.4 is 11.1 Å². The van der Waals surface area contributed by atoms with E-state index in [1.54, 1.807) is 0 Å². The van der Waals surface area contributed by atoms with E-state index in [4.69, 9.17) is 18.3 Å². The fourth-order valence-electron chi connectivity index (χ4n) is 2.13. The summed E-state index contributed by atoms with van der Waals surface area (Å²) in [7, 11) is 0. The minimum absolute atomic E-state index is 0.142. The van der Waals surface area contributed by atoms with Gasteiger partial charge in [0, 0.05) is 0 Å². The van der Waals surface area contributed by atoms with E-state index < -0.39 is 23.9 Å². The van der Waals surface area contributed by atoms with Crippen molar-refractivity contribution in [1.82, 2.24) is 5.32 Å². The number of hydrogen-bond donors (Lipinski definition) is 1. The summed E-state index contributed by atoms with van der Waals surface area (Å²) in [5.41, 5.74) is 0. The summed E-state index contributed by atoms with van der Waals surface area (Å²) in [6.07, 6.45) is 2.53. The molecule has 0 radical (unpaired) electrons. The van der Waals surface area contributed by atoms with Gasteiger partial charge in [-0.15, -0.1) is 0 Å². The summed E-state index contributed by atoms with van der Waals surface area (Å²) >= 11 is 0. The predicted octanol–water partition coefficient (Wildman–Crippen LogP) is 2.92. The lowest BCUT2D eigenvalue weighted by molar-refractivity contribution is -0.148. The van der Waals surface area contributed by atoms with E-state index in [9.17, 15) is 14.4 Å². The first kappa shape index (κ1) is 20.8. The van der Waals surface area contributed by atoms with Crippen molar-refractivity contribution in [2.45, 2.75) is 66.0 Å². The van der Waals surface area contributed by atoms with Crippen molar-refractivity contribution in [1.29, 1.82) is 0 Å². The molecule has 25 heavy (non-hydrogen) atoms. The van der Waals surface area contributed by atoms with Gasteiger partial charge >= 0.3 is 17.9 Å². The number of unbranched alkanes of at least 4 members (excludes halogenated alkanes) is 2. The zero-order valence-electron chi connectivity index (χ0n) is 15.3. The van der Waals surface area contributed by atoms with Gasteiger partial charge in [-0.2, -0.15) is 0 Å². The van der Waals surface area contributed by atoms with Crippen molar-refractivity contribution in [3.05, 3.63) is 22.1 Å². The molecule has 8 nitrogen and oxygen atoms in total. The number of carbonyl (C=O) groups excluding carboxylic acids is 2. The van der Waals surface area contributed by atoms with Gasteiger partial charge in [0.1, 0.15) is 6.04 Å². The Morgan fingerprint density at radius 2 is 1.88 bits per heavy atom. The van der Waals surface area contributed by atoms with E-state index in [2.05, 4.69) is 12.2 Å². The molecule has 1 N–H and O–H groups in total. The van der Waals surface area contributed by atoms with Crippen LogP contribution >= 0.6 is 0 Å². The summed E-state index contributed by atoms with van der Waals surface area (Å²) in [4.78, 5) is 35.0. The normalized spacial score (nSPS) is 12.0. The molecule has 0 saturated heterocycles. The topological polar surface area (TPSA) is 108 Å². The lowest BCUT2D eigenvalue weighted by Gasteiger charge is -2.19. The van der Waals surface area contributed by atoms with Crippen LogP contribution in [0.4, 0.5) is 4.79 Å². The van der Waals surface area contributed by atoms with Crippen LogP contribution in [0.3, 0.4) is 0 Å². The second-order valence-electron chi connectivity index (χ2n) is 6.21. The second kappa shape index (κ2) is 10.6. The van der Waals surface area contributed by atoms with Crippen LogP contribution in [-0.2, 0) is 20.9 Å². The Morgan fingerprint density at radius 3 is 2.44 bits per heavy atom. The largest absolute Gasteiger partial charge is 0.519 e. The Kier molecular flexibility index (Phi) is 8.80. The Morgan fingerprint density at radius 1 is 1.16 bits per heavy atom. The highest BCUT2D eigenvalue weighted by molar-refractivity contribution is 5.81. The Labute approximate surface area is 146 Å². The van der Waals surface area contributed by atoms with Crippen LogP contribution in [0.2, 0.25) is 0 Å². The number of ether oxygens (including phenoxy) is 2. The van der Waals surface area contributed by atoms with Crippen LogP contribution in [0.15, 0.2) is 13.6 Å². The quantitative estimate of drug-likeness (QED) is 0.506. The zero-order valence-corrected chi connectivity index (χ0v) is 15.3. The molecule has 0 spiro atoms. The van der Waals surface area contributed by atoms with E-state index in [-0.39, 0.29) is 24.0 Å². The predicted molar refractivity (Wildman–Crippen MR) is 89.0 cm³/mol. The monoisotopic (exact) mass is 357 g/mol. The van der Waals surface area contributed by atoms with E-state index in [0.717, 1.165) is 19.3 Å². The summed E-state index contributed by atoms with van der Waals surface area (Å²) in [6, 6.07) is -0.836. The molecule has 1 atom stereocenters. The SMILES string of the molecule is CCCCCOC(=O)NC(CC(C)C)C(=O)OCc1oc(=O)oc1C. The number of amides is 1. The minimum atomic E-state index is -0.851. The molecule has 0 aliphatic heterocycles. The summed E-state index contributed by atoms with van der Waals surface area (Å²) in [6.45, 7) is 7.51. The highest BCUT2D eigenvalue weighted by Gasteiger charge is 2.25. The van der Waals surface area contributed by atoms with Gasteiger partial charge in [0.15, 0.2) is 18.1 Å². The van der Waals surface area contributed by atoms with E-state index in [1.165, 1.54) is 6.92 Å². The average molecular weight is 357 g/mol. The van der Waals surface area contributed by atoms with Crippen LogP contribution in [0.25, 0.3) is 0 Å². The Hall–Kier alpha value is -2.25. The Bertz CT molecular complexity index is 602. The number of carbonyl (C=O) groups is 2. The lowest BCUT2D eigenvalue weighted by Crippen LogP contribution is -2.43. The highest BCUT2D eigenvalue weighted by atomic mass is 16.6. The van der Waals surface area contributed by atoms with Crippen molar-refractivity contribution in [2.24, 2.45) is 5.92 Å². The second-order valence-corrected chi connectivity index (χ2v) is 6.21.